The molecule has 0 bridgehead atoms. The van der Waals surface area contributed by atoms with E-state index in [0.717, 1.165) is 6.21 Å². The average molecular weight is 344 g/mol. The fraction of sp³-hybridized carbons (Fsp3) is 0.300. The van der Waals surface area contributed by atoms with Crippen molar-refractivity contribution in [3.63, 3.8) is 0 Å². The first-order valence-corrected chi connectivity index (χ1v) is 7.51. The standard InChI is InChI=1S/C10H13ClN3O6P.Li/c1-6-10(16)8(4-13-14-9(15)2-11)7(3-12-6)5-20-21(17,18)19;/h3-4,16H,2,5H2,1H3,(H,14,15)(H2,17,18,19);/q;+1/p-1/b13-4+;. The Hall–Kier alpha value is -0.913. The summed E-state index contributed by atoms with van der Waals surface area (Å²) in [5, 5.41) is 13.4. The molecule has 1 aromatic rings. The molecular weight excluding hydrogens is 331 g/mol. The van der Waals surface area contributed by atoms with Crippen LogP contribution in [0.5, 0.6) is 5.75 Å². The molecule has 0 aliphatic rings. The van der Waals surface area contributed by atoms with E-state index in [1.165, 1.54) is 13.1 Å². The normalized spacial score (nSPS) is 13.5. The van der Waals surface area contributed by atoms with Crippen LogP contribution >= 0.6 is 19.4 Å². The predicted molar refractivity (Wildman–Crippen MR) is 71.7 cm³/mol. The van der Waals surface area contributed by atoms with Crippen LogP contribution in [0.1, 0.15) is 16.8 Å². The molecule has 1 rings (SSSR count). The minimum Gasteiger partial charge on any atom is -0.756 e. The van der Waals surface area contributed by atoms with Gasteiger partial charge in [-0.1, -0.05) is 0 Å². The Morgan fingerprint density at radius 2 is 2.32 bits per heavy atom. The van der Waals surface area contributed by atoms with Crippen LogP contribution in [-0.4, -0.2) is 33.0 Å². The Morgan fingerprint density at radius 1 is 1.68 bits per heavy atom. The number of halogens is 1. The third kappa shape index (κ3) is 6.90. The van der Waals surface area contributed by atoms with Crippen LogP contribution in [0.3, 0.4) is 0 Å². The Morgan fingerprint density at radius 3 is 2.86 bits per heavy atom. The number of hydrogen-bond donors (Lipinski definition) is 3. The zero-order valence-electron chi connectivity index (χ0n) is 11.8. The Bertz CT molecular complexity index is 609. The van der Waals surface area contributed by atoms with Crippen molar-refractivity contribution < 1.29 is 47.6 Å². The minimum atomic E-state index is -4.92. The Kier molecular flexibility index (Phi) is 8.89. The fourth-order valence-corrected chi connectivity index (χ4v) is 1.62. The number of phosphoric ester groups is 1. The molecule has 0 radical (unpaired) electrons. The van der Waals surface area contributed by atoms with E-state index in [1.807, 2.05) is 0 Å². The minimum absolute atomic E-state index is 0. The van der Waals surface area contributed by atoms with Gasteiger partial charge >= 0.3 is 18.9 Å². The molecule has 0 aliphatic carbocycles. The van der Waals surface area contributed by atoms with Crippen molar-refractivity contribution in [2.45, 2.75) is 13.5 Å². The number of carbonyl (C=O) groups is 1. The number of nitrogens with zero attached hydrogens (tertiary/aromatic N) is 2. The largest absolute Gasteiger partial charge is 1.00 e. The van der Waals surface area contributed by atoms with E-state index in [9.17, 15) is 19.4 Å². The van der Waals surface area contributed by atoms with Crippen molar-refractivity contribution in [3.8, 4) is 5.75 Å². The summed E-state index contributed by atoms with van der Waals surface area (Å²) in [6.45, 7) is 0.960. The third-order valence-electron chi connectivity index (χ3n) is 2.25. The molecule has 12 heteroatoms. The molecule has 0 saturated heterocycles. The summed E-state index contributed by atoms with van der Waals surface area (Å²) in [5.41, 5.74) is 2.58. The zero-order valence-corrected chi connectivity index (χ0v) is 13.5. The molecule has 1 amide bonds. The quantitative estimate of drug-likeness (QED) is 0.162. The van der Waals surface area contributed by atoms with Gasteiger partial charge in [0.15, 0.2) is 0 Å². The molecule has 0 saturated carbocycles. The maximum Gasteiger partial charge on any atom is 1.00 e. The van der Waals surface area contributed by atoms with E-state index in [4.69, 9.17) is 16.5 Å². The number of hydrazone groups is 1. The number of carbonyl (C=O) groups excluding carboxylic acids is 1. The van der Waals surface area contributed by atoms with Gasteiger partial charge in [0.25, 0.3) is 13.7 Å². The topological polar surface area (TPSA) is 144 Å². The van der Waals surface area contributed by atoms with E-state index in [2.05, 4.69) is 20.0 Å². The number of hydrogen-bond acceptors (Lipinski definition) is 7. The first kappa shape index (κ1) is 21.1. The van der Waals surface area contributed by atoms with Crippen LogP contribution in [0.15, 0.2) is 11.3 Å². The monoisotopic (exact) mass is 343 g/mol. The second-order valence-corrected chi connectivity index (χ2v) is 5.26. The van der Waals surface area contributed by atoms with Crippen molar-refractivity contribution in [2.75, 3.05) is 5.88 Å². The van der Waals surface area contributed by atoms with E-state index < -0.39 is 20.3 Å². The van der Waals surface area contributed by atoms with Gasteiger partial charge in [0, 0.05) is 17.3 Å². The predicted octanol–water partition coefficient (Wildman–Crippen LogP) is -3.23. The summed E-state index contributed by atoms with van der Waals surface area (Å²) < 4.78 is 14.8. The fourth-order valence-electron chi connectivity index (χ4n) is 1.26. The molecule has 0 aliphatic heterocycles. The second kappa shape index (κ2) is 9.28. The molecule has 0 spiro atoms. The molecule has 1 atom stereocenters. The van der Waals surface area contributed by atoms with Gasteiger partial charge in [-0.25, -0.2) is 5.43 Å². The first-order chi connectivity index (χ1) is 9.74. The van der Waals surface area contributed by atoms with Crippen molar-refractivity contribution in [2.24, 2.45) is 5.10 Å². The van der Waals surface area contributed by atoms with Gasteiger partial charge in [-0.2, -0.15) is 5.10 Å². The number of amides is 1. The molecule has 1 unspecified atom stereocenters. The maximum absolute atomic E-state index is 10.9. The van der Waals surface area contributed by atoms with Crippen LogP contribution in [0.4, 0.5) is 0 Å². The summed E-state index contributed by atoms with van der Waals surface area (Å²) in [5.74, 6) is -1.12. The van der Waals surface area contributed by atoms with Crippen LogP contribution in [0.2, 0.25) is 0 Å². The molecule has 1 aromatic heterocycles. The molecule has 116 valence electrons. The summed E-state index contributed by atoms with van der Waals surface area (Å²) in [4.78, 5) is 33.9. The van der Waals surface area contributed by atoms with Gasteiger partial charge in [0.1, 0.15) is 11.6 Å². The summed E-state index contributed by atoms with van der Waals surface area (Å²) >= 11 is 5.26. The Balaban J connectivity index is 0.00000441. The number of rotatable bonds is 6. The molecule has 22 heavy (non-hydrogen) atoms. The number of nitrogens with one attached hydrogen (secondary N) is 1. The smallest absolute Gasteiger partial charge is 0.756 e. The van der Waals surface area contributed by atoms with Crippen LogP contribution in [0, 0.1) is 6.92 Å². The number of pyridine rings is 1. The molecule has 0 fully saturated rings. The third-order valence-corrected chi connectivity index (χ3v) is 2.94. The van der Waals surface area contributed by atoms with E-state index in [-0.39, 0.29) is 47.3 Å². The SMILES string of the molecule is Cc1ncc(COP(=O)([O-])O)c(/C=N/NC(=O)CCl)c1O.[Li+]. The van der Waals surface area contributed by atoms with Gasteiger partial charge in [0.2, 0.25) is 0 Å². The van der Waals surface area contributed by atoms with Crippen molar-refractivity contribution in [1.82, 2.24) is 10.4 Å². The van der Waals surface area contributed by atoms with Gasteiger partial charge < -0.3 is 19.4 Å². The number of phosphoric acid groups is 1. The van der Waals surface area contributed by atoms with Crippen LogP contribution in [0.25, 0.3) is 0 Å². The van der Waals surface area contributed by atoms with Crippen LogP contribution in [-0.2, 0) is 20.5 Å². The van der Waals surface area contributed by atoms with Gasteiger partial charge in [0.05, 0.1) is 18.5 Å². The van der Waals surface area contributed by atoms with E-state index in [1.54, 1.807) is 0 Å². The number of alkyl halides is 1. The molecular formula is C10H12ClLiN3O6P. The van der Waals surface area contributed by atoms with Gasteiger partial charge in [-0.05, 0) is 6.92 Å². The molecule has 3 N–H and O–H groups in total. The van der Waals surface area contributed by atoms with Crippen molar-refractivity contribution in [1.29, 1.82) is 0 Å². The van der Waals surface area contributed by atoms with E-state index >= 15 is 0 Å². The molecule has 9 nitrogen and oxygen atoms in total. The van der Waals surface area contributed by atoms with Crippen molar-refractivity contribution in [3.05, 3.63) is 23.0 Å². The van der Waals surface area contributed by atoms with Gasteiger partial charge in [-0.15, -0.1) is 11.6 Å². The molecule has 0 aromatic carbocycles. The van der Waals surface area contributed by atoms with Gasteiger partial charge in [-0.3, -0.25) is 14.3 Å². The average Bonchev–Trinajstić information content (AvgIpc) is 2.41. The number of aromatic hydroxyl groups is 1. The van der Waals surface area contributed by atoms with Crippen LogP contribution < -0.4 is 29.2 Å². The first-order valence-electron chi connectivity index (χ1n) is 5.48. The molecule has 1 heterocycles. The second-order valence-electron chi connectivity index (χ2n) is 3.80. The number of aromatic nitrogens is 1. The summed E-state index contributed by atoms with van der Waals surface area (Å²) in [6.07, 6.45) is 2.33. The van der Waals surface area contributed by atoms with Crippen molar-refractivity contribution >= 4 is 31.5 Å². The zero-order chi connectivity index (χ0) is 16.0. The van der Waals surface area contributed by atoms with E-state index in [0.29, 0.717) is 0 Å². The Labute approximate surface area is 143 Å². The summed E-state index contributed by atoms with van der Waals surface area (Å²) in [6, 6.07) is 0. The maximum atomic E-state index is 10.9. The number of aryl methyl sites for hydroxylation is 1. The summed E-state index contributed by atoms with van der Waals surface area (Å²) in [7, 11) is -4.92.